The lowest BCUT2D eigenvalue weighted by Gasteiger charge is -1.96. The quantitative estimate of drug-likeness (QED) is 0.545. The van der Waals surface area contributed by atoms with E-state index in [0.717, 1.165) is 10.9 Å². The van der Waals surface area contributed by atoms with E-state index in [1.54, 1.807) is 28.5 Å². The Balaban J connectivity index is 2.69. The third-order valence-corrected chi connectivity index (χ3v) is 2.56. The Kier molecular flexibility index (Phi) is 1.48. The fourth-order valence-corrected chi connectivity index (χ4v) is 1.77. The summed E-state index contributed by atoms with van der Waals surface area (Å²) in [7, 11) is 1.74. The molecule has 2 aromatic heterocycles. The summed E-state index contributed by atoms with van der Waals surface area (Å²) < 4.78 is 3.19. The van der Waals surface area contributed by atoms with Gasteiger partial charge in [0.2, 0.25) is 0 Å². The number of hydrogen-bond donors (Lipinski definition) is 0. The number of rotatable bonds is 0. The molecule has 0 aliphatic rings. The maximum absolute atomic E-state index is 11.9. The number of aryl methyl sites for hydroxylation is 1. The first-order valence-corrected chi connectivity index (χ1v) is 4.70. The highest BCUT2D eigenvalue weighted by Crippen LogP contribution is 2.15. The van der Waals surface area contributed by atoms with E-state index in [-0.39, 0.29) is 5.56 Å². The molecule has 4 heteroatoms. The van der Waals surface area contributed by atoms with E-state index in [9.17, 15) is 4.79 Å². The summed E-state index contributed by atoms with van der Waals surface area (Å²) in [4.78, 5) is 11.9. The van der Waals surface area contributed by atoms with E-state index >= 15 is 0 Å². The van der Waals surface area contributed by atoms with Gasteiger partial charge < -0.3 is 4.57 Å². The van der Waals surface area contributed by atoms with Gasteiger partial charge in [0.05, 0.1) is 5.52 Å². The zero-order chi connectivity index (χ0) is 10.4. The predicted molar refractivity (Wildman–Crippen MR) is 57.9 cm³/mol. The molecule has 0 saturated heterocycles. The summed E-state index contributed by atoms with van der Waals surface area (Å²) in [6.07, 6.45) is 3.50. The van der Waals surface area contributed by atoms with E-state index < -0.39 is 0 Å². The normalized spacial score (nSPS) is 11.3. The number of fused-ring (bicyclic) bond motifs is 3. The van der Waals surface area contributed by atoms with Crippen LogP contribution in [0.4, 0.5) is 0 Å². The van der Waals surface area contributed by atoms with Gasteiger partial charge in [0.1, 0.15) is 5.52 Å². The molecule has 0 fully saturated rings. The van der Waals surface area contributed by atoms with Crippen molar-refractivity contribution in [2.75, 3.05) is 0 Å². The van der Waals surface area contributed by atoms with Gasteiger partial charge in [-0.05, 0) is 6.07 Å². The molecular weight excluding hydrogens is 190 g/mol. The monoisotopic (exact) mass is 199 g/mol. The van der Waals surface area contributed by atoms with Crippen LogP contribution in [0.3, 0.4) is 0 Å². The van der Waals surface area contributed by atoms with Crippen molar-refractivity contribution in [2.45, 2.75) is 0 Å². The smallest absolute Gasteiger partial charge is 0.276 e. The number of aromatic nitrogens is 3. The van der Waals surface area contributed by atoms with Crippen LogP contribution in [0, 0.1) is 0 Å². The van der Waals surface area contributed by atoms with Gasteiger partial charge in [-0.25, -0.2) is 4.52 Å². The van der Waals surface area contributed by atoms with E-state index in [2.05, 4.69) is 5.10 Å². The number of benzene rings is 1. The molecule has 15 heavy (non-hydrogen) atoms. The van der Waals surface area contributed by atoms with Gasteiger partial charge in [0.15, 0.2) is 0 Å². The zero-order valence-corrected chi connectivity index (χ0v) is 8.21. The van der Waals surface area contributed by atoms with Crippen LogP contribution in [0.15, 0.2) is 41.5 Å². The zero-order valence-electron chi connectivity index (χ0n) is 8.21. The van der Waals surface area contributed by atoms with Crippen molar-refractivity contribution in [3.63, 3.8) is 0 Å². The highest BCUT2D eigenvalue weighted by Gasteiger charge is 2.07. The lowest BCUT2D eigenvalue weighted by molar-refractivity contribution is 0.824. The minimum atomic E-state index is -0.0220. The van der Waals surface area contributed by atoms with Gasteiger partial charge in [0.25, 0.3) is 5.56 Å². The third-order valence-electron chi connectivity index (χ3n) is 2.56. The summed E-state index contributed by atoms with van der Waals surface area (Å²) in [6, 6.07) is 7.65. The van der Waals surface area contributed by atoms with Gasteiger partial charge in [-0.3, -0.25) is 4.79 Å². The second kappa shape index (κ2) is 2.70. The lowest BCUT2D eigenvalue weighted by atomic mass is 10.2. The van der Waals surface area contributed by atoms with Crippen LogP contribution >= 0.6 is 0 Å². The van der Waals surface area contributed by atoms with Crippen LogP contribution in [-0.4, -0.2) is 14.2 Å². The summed E-state index contributed by atoms with van der Waals surface area (Å²) in [6.45, 7) is 0. The predicted octanol–water partition coefficient (Wildman–Crippen LogP) is 1.19. The molecule has 3 aromatic rings. The first-order valence-electron chi connectivity index (χ1n) is 4.70. The fourth-order valence-electron chi connectivity index (χ4n) is 1.77. The van der Waals surface area contributed by atoms with Crippen molar-refractivity contribution < 1.29 is 0 Å². The fraction of sp³-hybridized carbons (Fsp3) is 0.0909. The van der Waals surface area contributed by atoms with E-state index in [4.69, 9.17) is 0 Å². The van der Waals surface area contributed by atoms with Gasteiger partial charge in [-0.15, -0.1) is 0 Å². The lowest BCUT2D eigenvalue weighted by Crippen LogP contribution is -2.17. The molecule has 0 saturated carbocycles. The van der Waals surface area contributed by atoms with Crippen LogP contribution in [0.25, 0.3) is 16.4 Å². The topological polar surface area (TPSA) is 39.3 Å². The highest BCUT2D eigenvalue weighted by atomic mass is 16.1. The van der Waals surface area contributed by atoms with Crippen LogP contribution in [0.5, 0.6) is 0 Å². The first kappa shape index (κ1) is 8.23. The third kappa shape index (κ3) is 1.01. The molecule has 0 unspecified atom stereocenters. The molecule has 4 nitrogen and oxygen atoms in total. The largest absolute Gasteiger partial charge is 0.315 e. The van der Waals surface area contributed by atoms with Gasteiger partial charge >= 0.3 is 0 Å². The Morgan fingerprint density at radius 2 is 2.00 bits per heavy atom. The Morgan fingerprint density at radius 3 is 2.87 bits per heavy atom. The highest BCUT2D eigenvalue weighted by molar-refractivity contribution is 5.93. The van der Waals surface area contributed by atoms with E-state index in [0.29, 0.717) is 5.52 Å². The molecule has 0 N–H and O–H groups in total. The molecule has 0 spiro atoms. The van der Waals surface area contributed by atoms with Crippen molar-refractivity contribution >= 4 is 16.4 Å². The summed E-state index contributed by atoms with van der Waals surface area (Å²) >= 11 is 0. The SMILES string of the molecule is Cn1ccn2nc3ccccc3c2c1=O. The number of nitrogens with zero attached hydrogens (tertiary/aromatic N) is 3. The van der Waals surface area contributed by atoms with Crippen molar-refractivity contribution in [3.05, 3.63) is 47.0 Å². The maximum Gasteiger partial charge on any atom is 0.276 e. The minimum Gasteiger partial charge on any atom is -0.315 e. The van der Waals surface area contributed by atoms with E-state index in [1.807, 2.05) is 24.3 Å². The minimum absolute atomic E-state index is 0.0220. The van der Waals surface area contributed by atoms with Crippen LogP contribution in [0.2, 0.25) is 0 Å². The molecule has 0 amide bonds. The second-order valence-corrected chi connectivity index (χ2v) is 3.52. The Bertz CT molecular complexity index is 708. The molecule has 3 rings (SSSR count). The molecule has 0 radical (unpaired) electrons. The van der Waals surface area contributed by atoms with Gasteiger partial charge in [-0.1, -0.05) is 18.2 Å². The second-order valence-electron chi connectivity index (χ2n) is 3.52. The summed E-state index contributed by atoms with van der Waals surface area (Å²) in [5.41, 5.74) is 1.46. The Morgan fingerprint density at radius 1 is 1.20 bits per heavy atom. The molecule has 0 aliphatic heterocycles. The van der Waals surface area contributed by atoms with Crippen LogP contribution in [-0.2, 0) is 7.05 Å². The van der Waals surface area contributed by atoms with Crippen LogP contribution in [0.1, 0.15) is 0 Å². The van der Waals surface area contributed by atoms with Crippen LogP contribution < -0.4 is 5.56 Å². The molecule has 74 valence electrons. The van der Waals surface area contributed by atoms with Crippen molar-refractivity contribution in [3.8, 4) is 0 Å². The summed E-state index contributed by atoms with van der Waals surface area (Å²) in [5.74, 6) is 0. The van der Waals surface area contributed by atoms with Gasteiger partial charge in [-0.2, -0.15) is 5.10 Å². The number of hydrogen-bond acceptors (Lipinski definition) is 2. The van der Waals surface area contributed by atoms with Gasteiger partial charge in [0, 0.05) is 24.8 Å². The first-order chi connectivity index (χ1) is 7.27. The standard InChI is InChI=1S/C11H9N3O/c1-13-6-7-14-10(11(13)15)8-4-2-3-5-9(8)12-14/h2-7H,1H3. The Labute approximate surface area is 85.4 Å². The van der Waals surface area contributed by atoms with Crippen molar-refractivity contribution in [1.82, 2.24) is 14.2 Å². The molecule has 0 bridgehead atoms. The average molecular weight is 199 g/mol. The maximum atomic E-state index is 11.9. The molecular formula is C11H9N3O. The van der Waals surface area contributed by atoms with Crippen molar-refractivity contribution in [2.24, 2.45) is 7.05 Å². The summed E-state index contributed by atoms with van der Waals surface area (Å²) in [5, 5.41) is 5.22. The molecule has 2 heterocycles. The van der Waals surface area contributed by atoms with E-state index in [1.165, 1.54) is 0 Å². The van der Waals surface area contributed by atoms with Crippen molar-refractivity contribution in [1.29, 1.82) is 0 Å². The molecule has 0 atom stereocenters. The molecule has 0 aliphatic carbocycles. The average Bonchev–Trinajstić information content (AvgIpc) is 2.62. The molecule has 1 aromatic carbocycles. The Hall–Kier alpha value is -2.10.